The molecule has 0 unspecified atom stereocenters. The predicted molar refractivity (Wildman–Crippen MR) is 80.9 cm³/mol. The average Bonchev–Trinajstić information content (AvgIpc) is 2.88. The van der Waals surface area contributed by atoms with Crippen molar-refractivity contribution in [2.45, 2.75) is 26.7 Å². The Kier molecular flexibility index (Phi) is 4.47. The number of halogens is 1. The molecule has 0 radical (unpaired) electrons. The van der Waals surface area contributed by atoms with E-state index in [9.17, 15) is 4.79 Å². The molecule has 7 heteroatoms. The molecule has 2 aromatic rings. The van der Waals surface area contributed by atoms with Crippen LogP contribution in [0, 0.1) is 0 Å². The summed E-state index contributed by atoms with van der Waals surface area (Å²) in [6, 6.07) is 3.11. The maximum Gasteiger partial charge on any atom is 0.340 e. The summed E-state index contributed by atoms with van der Waals surface area (Å²) in [7, 11) is 1.31. The fourth-order valence-corrected chi connectivity index (χ4v) is 2.36. The van der Waals surface area contributed by atoms with Crippen molar-refractivity contribution in [1.82, 2.24) is 14.8 Å². The van der Waals surface area contributed by atoms with E-state index >= 15 is 0 Å². The zero-order valence-corrected chi connectivity index (χ0v) is 12.9. The van der Waals surface area contributed by atoms with Crippen LogP contribution in [0.25, 0.3) is 5.69 Å². The van der Waals surface area contributed by atoms with Crippen LogP contribution in [0.5, 0.6) is 0 Å². The molecule has 0 aliphatic rings. The number of anilines is 1. The van der Waals surface area contributed by atoms with Gasteiger partial charge in [0.05, 0.1) is 17.7 Å². The molecule has 1 heterocycles. The molecule has 0 saturated carbocycles. The van der Waals surface area contributed by atoms with Crippen LogP contribution in [-0.4, -0.2) is 27.8 Å². The van der Waals surface area contributed by atoms with Crippen molar-refractivity contribution in [3.05, 3.63) is 34.4 Å². The van der Waals surface area contributed by atoms with Gasteiger partial charge in [-0.15, -0.1) is 0 Å². The molecular weight excluding hydrogens is 292 g/mol. The van der Waals surface area contributed by atoms with Gasteiger partial charge in [-0.3, -0.25) is 0 Å². The summed E-state index contributed by atoms with van der Waals surface area (Å²) < 4.78 is 6.39. The van der Waals surface area contributed by atoms with Crippen molar-refractivity contribution in [3.8, 4) is 5.69 Å². The number of hydrogen-bond acceptors (Lipinski definition) is 5. The normalized spacial score (nSPS) is 10.7. The number of methoxy groups -OCH3 is 1. The highest BCUT2D eigenvalue weighted by molar-refractivity contribution is 6.33. The molecule has 0 bridgehead atoms. The van der Waals surface area contributed by atoms with E-state index in [-0.39, 0.29) is 5.56 Å². The molecule has 1 aromatic carbocycles. The lowest BCUT2D eigenvalue weighted by Gasteiger charge is -2.12. The van der Waals surface area contributed by atoms with Crippen LogP contribution in [0.3, 0.4) is 0 Å². The van der Waals surface area contributed by atoms with Crippen LogP contribution < -0.4 is 5.73 Å². The first-order valence-electron chi connectivity index (χ1n) is 6.64. The summed E-state index contributed by atoms with van der Waals surface area (Å²) >= 11 is 6.28. The number of aryl methyl sites for hydroxylation is 2. The number of aromatic nitrogens is 3. The van der Waals surface area contributed by atoms with Gasteiger partial charge in [0.2, 0.25) is 0 Å². The van der Waals surface area contributed by atoms with Crippen LogP contribution >= 0.6 is 11.6 Å². The summed E-state index contributed by atoms with van der Waals surface area (Å²) in [6.07, 6.45) is 1.36. The first-order chi connectivity index (χ1) is 10.0. The Morgan fingerprint density at radius 3 is 2.67 bits per heavy atom. The fourth-order valence-electron chi connectivity index (χ4n) is 2.05. The molecule has 2 rings (SSSR count). The number of benzene rings is 1. The highest BCUT2D eigenvalue weighted by atomic mass is 35.5. The fraction of sp³-hybridized carbons (Fsp3) is 0.357. The van der Waals surface area contributed by atoms with Gasteiger partial charge < -0.3 is 10.5 Å². The molecular formula is C14H17ClN4O2. The number of carbonyl (C=O) groups excluding carboxylic acids is 1. The second-order valence-electron chi connectivity index (χ2n) is 4.45. The Labute approximate surface area is 127 Å². The van der Waals surface area contributed by atoms with E-state index in [1.54, 1.807) is 10.7 Å². The first-order valence-corrected chi connectivity index (χ1v) is 7.02. The van der Waals surface area contributed by atoms with Crippen LogP contribution in [0.4, 0.5) is 5.69 Å². The molecule has 6 nitrogen and oxygen atoms in total. The lowest BCUT2D eigenvalue weighted by atomic mass is 10.1. The third kappa shape index (κ3) is 2.85. The number of ether oxygens (including phenoxy) is 1. The van der Waals surface area contributed by atoms with E-state index < -0.39 is 5.97 Å². The summed E-state index contributed by atoms with van der Waals surface area (Å²) in [5.74, 6) is 0.897. The first kappa shape index (κ1) is 15.3. The van der Waals surface area contributed by atoms with Crippen molar-refractivity contribution in [2.75, 3.05) is 12.8 Å². The third-order valence-electron chi connectivity index (χ3n) is 3.05. The number of nitrogens with zero attached hydrogens (tertiary/aromatic N) is 3. The highest BCUT2D eigenvalue weighted by Gasteiger charge is 2.21. The van der Waals surface area contributed by atoms with Gasteiger partial charge in [0.1, 0.15) is 11.5 Å². The van der Waals surface area contributed by atoms with Crippen LogP contribution in [-0.2, 0) is 17.6 Å². The molecule has 2 N–H and O–H groups in total. The number of esters is 1. The van der Waals surface area contributed by atoms with E-state index in [1.807, 2.05) is 13.8 Å². The van der Waals surface area contributed by atoms with E-state index in [0.29, 0.717) is 35.1 Å². The van der Waals surface area contributed by atoms with Gasteiger partial charge in [-0.25, -0.2) is 14.5 Å². The summed E-state index contributed by atoms with van der Waals surface area (Å²) in [6.45, 7) is 3.92. The standard InChI is InChI=1S/C14H17ClN4O2/c1-4-11-17-12(5-2)19(18-11)13-9(14(20)21-3)6-8(16)7-10(13)15/h6-7H,4-5,16H2,1-3H3. The minimum Gasteiger partial charge on any atom is -0.465 e. The van der Waals surface area contributed by atoms with Crippen molar-refractivity contribution >= 4 is 23.3 Å². The summed E-state index contributed by atoms with van der Waals surface area (Å²) in [4.78, 5) is 16.4. The molecule has 0 amide bonds. The van der Waals surface area contributed by atoms with Gasteiger partial charge in [0.15, 0.2) is 5.82 Å². The van der Waals surface area contributed by atoms with E-state index in [0.717, 1.165) is 5.82 Å². The van der Waals surface area contributed by atoms with Gasteiger partial charge in [0, 0.05) is 18.5 Å². The SMILES string of the molecule is CCc1nc(CC)n(-c2c(Cl)cc(N)cc2C(=O)OC)n1. The Balaban J connectivity index is 2.73. The second kappa shape index (κ2) is 6.13. The topological polar surface area (TPSA) is 83.0 Å². The zero-order chi connectivity index (χ0) is 15.6. The molecule has 112 valence electrons. The zero-order valence-electron chi connectivity index (χ0n) is 12.2. The van der Waals surface area contributed by atoms with Crippen LogP contribution in [0.2, 0.25) is 5.02 Å². The molecule has 1 aromatic heterocycles. The van der Waals surface area contributed by atoms with Gasteiger partial charge in [-0.1, -0.05) is 25.4 Å². The molecule has 0 saturated heterocycles. The number of hydrogen-bond donors (Lipinski definition) is 1. The lowest BCUT2D eigenvalue weighted by molar-refractivity contribution is 0.0600. The molecule has 21 heavy (non-hydrogen) atoms. The molecule has 0 atom stereocenters. The van der Waals surface area contributed by atoms with Crippen LogP contribution in [0.1, 0.15) is 35.9 Å². The predicted octanol–water partition coefficient (Wildman–Crippen LogP) is 2.41. The Morgan fingerprint density at radius 1 is 1.38 bits per heavy atom. The van der Waals surface area contributed by atoms with E-state index in [2.05, 4.69) is 10.1 Å². The van der Waals surface area contributed by atoms with Crippen molar-refractivity contribution in [2.24, 2.45) is 0 Å². The van der Waals surface area contributed by atoms with Gasteiger partial charge in [0.25, 0.3) is 0 Å². The molecule has 0 aliphatic carbocycles. The smallest absolute Gasteiger partial charge is 0.340 e. The number of rotatable bonds is 4. The monoisotopic (exact) mass is 308 g/mol. The van der Waals surface area contributed by atoms with Crippen molar-refractivity contribution in [1.29, 1.82) is 0 Å². The van der Waals surface area contributed by atoms with Gasteiger partial charge in [-0.05, 0) is 12.1 Å². The van der Waals surface area contributed by atoms with E-state index in [4.69, 9.17) is 22.1 Å². The molecule has 0 fully saturated rings. The average molecular weight is 309 g/mol. The van der Waals surface area contributed by atoms with Gasteiger partial charge in [-0.2, -0.15) is 5.10 Å². The summed E-state index contributed by atoms with van der Waals surface area (Å²) in [5.41, 5.74) is 6.86. The van der Waals surface area contributed by atoms with Gasteiger partial charge >= 0.3 is 5.97 Å². The van der Waals surface area contributed by atoms with Crippen molar-refractivity contribution < 1.29 is 9.53 Å². The molecule has 0 spiro atoms. The minimum atomic E-state index is -0.519. The Bertz CT molecular complexity index is 682. The number of carbonyl (C=O) groups is 1. The second-order valence-corrected chi connectivity index (χ2v) is 4.86. The highest BCUT2D eigenvalue weighted by Crippen LogP contribution is 2.29. The van der Waals surface area contributed by atoms with Crippen LogP contribution in [0.15, 0.2) is 12.1 Å². The maximum atomic E-state index is 12.0. The Hall–Kier alpha value is -2.08. The maximum absolute atomic E-state index is 12.0. The lowest BCUT2D eigenvalue weighted by Crippen LogP contribution is -2.12. The summed E-state index contributed by atoms with van der Waals surface area (Å²) in [5, 5.41) is 4.74. The molecule has 0 aliphatic heterocycles. The van der Waals surface area contributed by atoms with E-state index in [1.165, 1.54) is 13.2 Å². The third-order valence-corrected chi connectivity index (χ3v) is 3.34. The largest absolute Gasteiger partial charge is 0.465 e. The number of nitrogen functional groups attached to an aromatic ring is 1. The minimum absolute atomic E-state index is 0.268. The number of nitrogens with two attached hydrogens (primary N) is 1. The quantitative estimate of drug-likeness (QED) is 0.692. The Morgan fingerprint density at radius 2 is 2.10 bits per heavy atom. The van der Waals surface area contributed by atoms with Crippen molar-refractivity contribution in [3.63, 3.8) is 0 Å².